The Hall–Kier alpha value is -4.87. The molecule has 2 aromatic heterocycles. The summed E-state index contributed by atoms with van der Waals surface area (Å²) in [5, 5.41) is 34.7. The summed E-state index contributed by atoms with van der Waals surface area (Å²) in [6.07, 6.45) is 2.28. The second kappa shape index (κ2) is 28.0. The van der Waals surface area contributed by atoms with Gasteiger partial charge in [-0.3, -0.25) is 23.5 Å². The maximum Gasteiger partial charge on any atom is 0 e. The second-order valence-corrected chi connectivity index (χ2v) is 9.78. The molecule has 2 heterocycles. The minimum Gasteiger partial charge on any atom is 0 e. The van der Waals surface area contributed by atoms with E-state index in [9.17, 15) is 33.0 Å². The third-order valence-corrected chi connectivity index (χ3v) is 6.46. The summed E-state index contributed by atoms with van der Waals surface area (Å²) in [6, 6.07) is 5.67. The van der Waals surface area contributed by atoms with Crippen LogP contribution in [0, 0.1) is 20.0 Å². The van der Waals surface area contributed by atoms with Crippen LogP contribution in [0.5, 0.6) is 0 Å². The first-order valence-electron chi connectivity index (χ1n) is 13.4. The summed E-state index contributed by atoms with van der Waals surface area (Å²) in [5.41, 5.74) is 2.21. The fourth-order valence-electron chi connectivity index (χ4n) is 4.03. The van der Waals surface area contributed by atoms with E-state index in [1.54, 1.807) is 24.3 Å². The Labute approximate surface area is 300 Å². The average molecular weight is 892 g/mol. The van der Waals surface area contributed by atoms with E-state index < -0.39 is 35.5 Å². The molecule has 1 radical (unpaired) electrons. The first-order valence-corrected chi connectivity index (χ1v) is 14.4. The van der Waals surface area contributed by atoms with E-state index in [1.807, 2.05) is 4.90 Å². The number of ether oxygens (including phenoxy) is 2. The van der Waals surface area contributed by atoms with Crippen molar-refractivity contribution in [3.63, 3.8) is 0 Å². The molecular formula is C27H29N8O13ReS-. The smallest absolute Gasteiger partial charge is 0 e. The molecule has 0 aliphatic rings. The number of rotatable bonds is 21. The molecule has 3 aromatic rings. The number of aliphatic carboxylic acids is 2. The van der Waals surface area contributed by atoms with Crippen LogP contribution in [0.15, 0.2) is 36.7 Å². The number of carbonyl (C=O) groups is 4. The van der Waals surface area contributed by atoms with Crippen molar-refractivity contribution in [3.8, 4) is 0 Å². The molecule has 3 N–H and O–H groups in total. The Kier molecular flexibility index (Phi) is 26.5. The minimum atomic E-state index is -2.45. The van der Waals surface area contributed by atoms with Gasteiger partial charge in [0.15, 0.2) is 12.3 Å². The van der Waals surface area contributed by atoms with E-state index in [-0.39, 0.29) is 72.3 Å². The van der Waals surface area contributed by atoms with Gasteiger partial charge in [-0.25, -0.2) is 14.2 Å². The number of aromatic nitrogens is 6. The van der Waals surface area contributed by atoms with Crippen molar-refractivity contribution in [1.82, 2.24) is 34.9 Å². The number of carboxylic acids is 2. The van der Waals surface area contributed by atoms with Crippen LogP contribution in [0.2, 0.25) is 0 Å². The number of hydrogen-bond donors (Lipinski definition) is 3. The standard InChI is InChI=1S/C24H30N8O10S.3CO.Re/c33-15-41-10-8-21(24(37)38)31-13-19(25-28-31)11-30(9-7-17-1-3-18(4-2-17)27-43(39)40)12-20-14-32(29-26-20)22(42-16-34)5-6-23(35)36;3*1-2;/h1-4,13-16,21-22,27H,5-12H2,(H,35,36)(H,37,38)(H,39,40);;;;/p-1/t21-,22+;;;;/m0..../s1. The van der Waals surface area contributed by atoms with E-state index in [2.05, 4.69) is 50.0 Å². The number of benzene rings is 1. The summed E-state index contributed by atoms with van der Waals surface area (Å²) >= 11 is -2.45. The molecule has 0 spiro atoms. The van der Waals surface area contributed by atoms with Gasteiger partial charge in [-0.15, -0.1) is 10.2 Å². The van der Waals surface area contributed by atoms with Gasteiger partial charge in [0, 0.05) is 69.9 Å². The molecular weight excluding hydrogens is 863 g/mol. The van der Waals surface area contributed by atoms with Gasteiger partial charge in [0.2, 0.25) is 0 Å². The van der Waals surface area contributed by atoms with Crippen molar-refractivity contribution in [2.24, 2.45) is 0 Å². The molecule has 0 fully saturated rings. The van der Waals surface area contributed by atoms with Crippen molar-refractivity contribution in [1.29, 1.82) is 0 Å². The molecule has 50 heavy (non-hydrogen) atoms. The Morgan fingerprint density at radius 1 is 0.960 bits per heavy atom. The maximum absolute atomic E-state index is 11.7. The Morgan fingerprint density at radius 2 is 1.52 bits per heavy atom. The van der Waals surface area contributed by atoms with Gasteiger partial charge in [-0.2, -0.15) is 0 Å². The predicted molar refractivity (Wildman–Crippen MR) is 155 cm³/mol. The molecule has 0 saturated carbocycles. The van der Waals surface area contributed by atoms with Crippen LogP contribution in [-0.4, -0.2) is 91.9 Å². The zero-order chi connectivity index (χ0) is 37.2. The summed E-state index contributed by atoms with van der Waals surface area (Å²) in [7, 11) is 0. The van der Waals surface area contributed by atoms with Crippen molar-refractivity contribution in [3.05, 3.63) is 73.6 Å². The molecule has 23 heteroatoms. The zero-order valence-corrected chi connectivity index (χ0v) is 29.3. The van der Waals surface area contributed by atoms with Gasteiger partial charge in [-0.1, -0.05) is 22.6 Å². The Bertz CT molecular complexity index is 1520. The topological polar surface area (TPSA) is 304 Å². The molecule has 1 unspecified atom stereocenters. The number of hydrogen-bond acceptors (Lipinski definition) is 13. The maximum atomic E-state index is 11.7. The number of nitrogens with zero attached hydrogens (tertiary/aromatic N) is 7. The van der Waals surface area contributed by atoms with Gasteiger partial charge >= 0.3 is 45.8 Å². The number of carbonyl (C=O) groups excluding carboxylic acids is 2. The van der Waals surface area contributed by atoms with Crippen molar-refractivity contribution >= 4 is 41.8 Å². The van der Waals surface area contributed by atoms with Crippen LogP contribution in [-0.2, 0) is 93.8 Å². The summed E-state index contributed by atoms with van der Waals surface area (Å²) in [6.45, 7) is 14.7. The molecule has 0 amide bonds. The van der Waals surface area contributed by atoms with E-state index in [4.69, 9.17) is 23.8 Å². The van der Waals surface area contributed by atoms with Crippen LogP contribution in [0.1, 0.15) is 48.5 Å². The van der Waals surface area contributed by atoms with Gasteiger partial charge in [0.1, 0.15) is 0 Å². The quantitative estimate of drug-likeness (QED) is 0.0415. The van der Waals surface area contributed by atoms with Gasteiger partial charge in [0.05, 0.1) is 36.8 Å². The first-order chi connectivity index (χ1) is 23.7. The van der Waals surface area contributed by atoms with Crippen molar-refractivity contribution in [2.45, 2.75) is 51.0 Å². The predicted octanol–water partition coefficient (Wildman–Crippen LogP) is -0.0693. The Balaban J connectivity index is 0. The summed E-state index contributed by atoms with van der Waals surface area (Å²) in [4.78, 5) is 46.0. The monoisotopic (exact) mass is 892 g/mol. The van der Waals surface area contributed by atoms with Gasteiger partial charge in [0.25, 0.3) is 12.9 Å². The Morgan fingerprint density at radius 3 is 2.02 bits per heavy atom. The number of anilines is 1. The largest absolute Gasteiger partial charge is 0 e. The normalized spacial score (nSPS) is 11.4. The van der Waals surface area contributed by atoms with Crippen LogP contribution >= 0.6 is 0 Å². The van der Waals surface area contributed by atoms with E-state index in [0.717, 1.165) is 5.56 Å². The minimum absolute atomic E-state index is 0. The third kappa shape index (κ3) is 18.0. The molecule has 0 bridgehead atoms. The van der Waals surface area contributed by atoms with E-state index in [1.165, 1.54) is 21.8 Å². The van der Waals surface area contributed by atoms with Crippen LogP contribution in [0.4, 0.5) is 5.69 Å². The SMILES string of the molecule is O=COCC[C@@H](C(=O)O)n1cc(CN(CCc2ccc(NS(=O)[O-])cc2)Cc2cn([C@@H](CCC(=O)O)OC=O)nn2)nn1.[C-]#[O+].[C-]#[O+].[C-]#[O+].[Re]. The summed E-state index contributed by atoms with van der Waals surface area (Å²) < 4.78 is 58.5. The van der Waals surface area contributed by atoms with E-state index in [0.29, 0.717) is 30.0 Å². The number of nitrogens with one attached hydrogen (secondary N) is 1. The third-order valence-electron chi connectivity index (χ3n) is 6.05. The molecule has 1 aromatic carbocycles. The molecule has 269 valence electrons. The van der Waals surface area contributed by atoms with Gasteiger partial charge < -0.3 is 29.0 Å². The number of carboxylic acid groups (broad SMARTS) is 2. The molecule has 0 aliphatic heterocycles. The average Bonchev–Trinajstić information content (AvgIpc) is 3.76. The molecule has 0 saturated heterocycles. The fourth-order valence-corrected chi connectivity index (χ4v) is 4.36. The molecule has 3 atom stereocenters. The van der Waals surface area contributed by atoms with Crippen LogP contribution in [0.3, 0.4) is 0 Å². The zero-order valence-electron chi connectivity index (χ0n) is 25.7. The van der Waals surface area contributed by atoms with Crippen molar-refractivity contribution < 1.29 is 82.0 Å². The molecule has 3 rings (SSSR count). The molecule has 21 nitrogen and oxygen atoms in total. The first kappa shape index (κ1) is 47.2. The van der Waals surface area contributed by atoms with Crippen LogP contribution in [0.25, 0.3) is 0 Å². The van der Waals surface area contributed by atoms with Crippen molar-refractivity contribution in [2.75, 3.05) is 17.9 Å². The summed E-state index contributed by atoms with van der Waals surface area (Å²) in [5.74, 6) is -2.24. The fraction of sp³-hybridized carbons (Fsp3) is 0.370. The second-order valence-electron chi connectivity index (χ2n) is 9.10. The van der Waals surface area contributed by atoms with Gasteiger partial charge in [-0.05, 0) is 24.1 Å². The van der Waals surface area contributed by atoms with E-state index >= 15 is 0 Å². The van der Waals surface area contributed by atoms with Crippen LogP contribution < -0.4 is 4.72 Å². The molecule has 0 aliphatic carbocycles.